The Balaban J connectivity index is 3.16. The third kappa shape index (κ3) is 7.49. The number of carbonyl (C=O) groups is 1. The second-order valence-electron chi connectivity index (χ2n) is 2.53. The molecule has 4 heteroatoms. The minimum atomic E-state index is -0.464. The molecule has 76 valence electrons. The van der Waals surface area contributed by atoms with E-state index < -0.39 is 5.91 Å². The van der Waals surface area contributed by atoms with Gasteiger partial charge in [0, 0.05) is 18.6 Å². The summed E-state index contributed by atoms with van der Waals surface area (Å²) >= 11 is 0. The van der Waals surface area contributed by atoms with E-state index in [1.165, 1.54) is 0 Å². The first kappa shape index (κ1) is 12.1. The molecule has 0 fully saturated rings. The number of primary amides is 1. The summed E-state index contributed by atoms with van der Waals surface area (Å²) in [5, 5.41) is 0. The normalized spacial score (nSPS) is 9.92. The molecule has 0 rings (SSSR count). The number of rotatable bonds is 8. The van der Waals surface area contributed by atoms with Crippen LogP contribution in [0.25, 0.3) is 0 Å². The predicted molar refractivity (Wildman–Crippen MR) is 50.3 cm³/mol. The molecule has 2 N–H and O–H groups in total. The van der Waals surface area contributed by atoms with Crippen LogP contribution in [0.5, 0.6) is 0 Å². The van der Waals surface area contributed by atoms with Crippen LogP contribution < -0.4 is 5.73 Å². The molecule has 13 heavy (non-hydrogen) atoms. The van der Waals surface area contributed by atoms with Gasteiger partial charge in [0.15, 0.2) is 0 Å². The van der Waals surface area contributed by atoms with Crippen molar-refractivity contribution in [1.82, 2.24) is 0 Å². The van der Waals surface area contributed by atoms with Gasteiger partial charge < -0.3 is 15.2 Å². The van der Waals surface area contributed by atoms with Crippen LogP contribution in [0.2, 0.25) is 0 Å². The summed E-state index contributed by atoms with van der Waals surface area (Å²) in [6.07, 6.45) is 0.488. The molecule has 0 aromatic heterocycles. The number of carbonyl (C=O) groups excluding carboxylic acids is 1. The van der Waals surface area contributed by atoms with Gasteiger partial charge in [-0.1, -0.05) is 6.58 Å². The summed E-state index contributed by atoms with van der Waals surface area (Å²) in [7, 11) is 0. The van der Waals surface area contributed by atoms with Gasteiger partial charge in [0.05, 0.1) is 19.8 Å². The molecule has 0 aliphatic heterocycles. The average molecular weight is 187 g/mol. The van der Waals surface area contributed by atoms with Gasteiger partial charge in [0.1, 0.15) is 0 Å². The molecule has 0 aromatic carbocycles. The monoisotopic (exact) mass is 187 g/mol. The van der Waals surface area contributed by atoms with Crippen molar-refractivity contribution < 1.29 is 14.3 Å². The number of hydrogen-bond acceptors (Lipinski definition) is 3. The van der Waals surface area contributed by atoms with E-state index in [-0.39, 0.29) is 0 Å². The van der Waals surface area contributed by atoms with Crippen LogP contribution in [-0.4, -0.2) is 32.3 Å². The van der Waals surface area contributed by atoms with E-state index in [0.717, 1.165) is 0 Å². The summed E-state index contributed by atoms with van der Waals surface area (Å²) in [5.41, 5.74) is 5.38. The molecule has 0 saturated heterocycles. The highest BCUT2D eigenvalue weighted by molar-refractivity contribution is 5.91. The molecule has 1 amide bonds. The van der Waals surface area contributed by atoms with Gasteiger partial charge in [-0.15, -0.1) is 0 Å². The second kappa shape index (κ2) is 7.76. The van der Waals surface area contributed by atoms with Crippen molar-refractivity contribution in [2.45, 2.75) is 13.3 Å². The lowest BCUT2D eigenvalue weighted by molar-refractivity contribution is -0.114. The fourth-order valence-corrected chi connectivity index (χ4v) is 0.683. The molecular formula is C9H17NO3. The van der Waals surface area contributed by atoms with Crippen molar-refractivity contribution in [3.8, 4) is 0 Å². The van der Waals surface area contributed by atoms with E-state index in [0.29, 0.717) is 38.4 Å². The van der Waals surface area contributed by atoms with Gasteiger partial charge in [0.25, 0.3) is 0 Å². The zero-order chi connectivity index (χ0) is 10.1. The minimum absolute atomic E-state index is 0.399. The first-order valence-corrected chi connectivity index (χ1v) is 4.31. The Morgan fingerprint density at radius 3 is 2.46 bits per heavy atom. The van der Waals surface area contributed by atoms with E-state index in [1.54, 1.807) is 0 Å². The Hall–Kier alpha value is -0.870. The maximum absolute atomic E-state index is 10.5. The van der Waals surface area contributed by atoms with Crippen molar-refractivity contribution in [3.63, 3.8) is 0 Å². The fourth-order valence-electron chi connectivity index (χ4n) is 0.683. The maximum atomic E-state index is 10.5. The van der Waals surface area contributed by atoms with Gasteiger partial charge in [-0.25, -0.2) is 0 Å². The lowest BCUT2D eigenvalue weighted by atomic mass is 10.2. The molecule has 0 saturated carbocycles. The van der Waals surface area contributed by atoms with Crippen molar-refractivity contribution >= 4 is 5.91 Å². The van der Waals surface area contributed by atoms with Crippen LogP contribution in [0.3, 0.4) is 0 Å². The van der Waals surface area contributed by atoms with Gasteiger partial charge in [-0.3, -0.25) is 4.79 Å². The zero-order valence-corrected chi connectivity index (χ0v) is 8.04. The van der Waals surface area contributed by atoms with Crippen molar-refractivity contribution in [2.75, 3.05) is 26.4 Å². The molecule has 0 aliphatic carbocycles. The fraction of sp³-hybridized carbons (Fsp3) is 0.667. The molecule has 0 unspecified atom stereocenters. The number of ether oxygens (including phenoxy) is 2. The predicted octanol–water partition coefficient (Wildman–Crippen LogP) is 0.471. The molecule has 0 aromatic rings. The Morgan fingerprint density at radius 1 is 1.31 bits per heavy atom. The van der Waals surface area contributed by atoms with Crippen molar-refractivity contribution in [2.24, 2.45) is 5.73 Å². The molecule has 0 bridgehead atoms. The summed E-state index contributed by atoms with van der Waals surface area (Å²) in [6.45, 7) is 7.71. The SMILES string of the molecule is C=C(CCOCCOCC)C(N)=O. The Bertz CT molecular complexity index is 168. The second-order valence-corrected chi connectivity index (χ2v) is 2.53. The van der Waals surface area contributed by atoms with Gasteiger partial charge in [0.2, 0.25) is 5.91 Å². The van der Waals surface area contributed by atoms with Crippen LogP contribution in [0.15, 0.2) is 12.2 Å². The van der Waals surface area contributed by atoms with E-state index in [2.05, 4.69) is 6.58 Å². The van der Waals surface area contributed by atoms with Crippen LogP contribution in [-0.2, 0) is 14.3 Å². The number of nitrogens with two attached hydrogens (primary N) is 1. The third-order valence-corrected chi connectivity index (χ3v) is 1.47. The van der Waals surface area contributed by atoms with E-state index in [1.807, 2.05) is 6.92 Å². The average Bonchev–Trinajstić information content (AvgIpc) is 2.10. The summed E-state index contributed by atoms with van der Waals surface area (Å²) in [4.78, 5) is 10.5. The standard InChI is InChI=1S/C9H17NO3/c1-3-12-6-7-13-5-4-8(2)9(10)11/h2-7H2,1H3,(H2,10,11). The highest BCUT2D eigenvalue weighted by atomic mass is 16.5. The van der Waals surface area contributed by atoms with Crippen LogP contribution in [0.4, 0.5) is 0 Å². The van der Waals surface area contributed by atoms with Crippen LogP contribution >= 0.6 is 0 Å². The first-order valence-electron chi connectivity index (χ1n) is 4.31. The largest absolute Gasteiger partial charge is 0.379 e. The van der Waals surface area contributed by atoms with Gasteiger partial charge >= 0.3 is 0 Å². The van der Waals surface area contributed by atoms with Crippen molar-refractivity contribution in [1.29, 1.82) is 0 Å². The van der Waals surface area contributed by atoms with E-state index in [9.17, 15) is 4.79 Å². The van der Waals surface area contributed by atoms with Gasteiger partial charge in [-0.05, 0) is 6.92 Å². The number of amides is 1. The molecule has 4 nitrogen and oxygen atoms in total. The summed E-state index contributed by atoms with van der Waals surface area (Å²) in [6, 6.07) is 0. The first-order chi connectivity index (χ1) is 6.18. The highest BCUT2D eigenvalue weighted by Gasteiger charge is 2.00. The Labute approximate surface area is 78.7 Å². The molecular weight excluding hydrogens is 170 g/mol. The van der Waals surface area contributed by atoms with Crippen molar-refractivity contribution in [3.05, 3.63) is 12.2 Å². The zero-order valence-electron chi connectivity index (χ0n) is 8.04. The Kier molecular flexibility index (Phi) is 7.24. The highest BCUT2D eigenvalue weighted by Crippen LogP contribution is 1.96. The van der Waals surface area contributed by atoms with E-state index in [4.69, 9.17) is 15.2 Å². The quantitative estimate of drug-likeness (QED) is 0.444. The van der Waals surface area contributed by atoms with Crippen LogP contribution in [0, 0.1) is 0 Å². The molecule has 0 spiro atoms. The third-order valence-electron chi connectivity index (χ3n) is 1.47. The molecule has 0 heterocycles. The van der Waals surface area contributed by atoms with Crippen LogP contribution in [0.1, 0.15) is 13.3 Å². The maximum Gasteiger partial charge on any atom is 0.244 e. The molecule has 0 radical (unpaired) electrons. The molecule has 0 atom stereocenters. The number of hydrogen-bond donors (Lipinski definition) is 1. The lowest BCUT2D eigenvalue weighted by Gasteiger charge is -2.04. The molecule has 0 aliphatic rings. The minimum Gasteiger partial charge on any atom is -0.379 e. The Morgan fingerprint density at radius 2 is 1.92 bits per heavy atom. The van der Waals surface area contributed by atoms with E-state index >= 15 is 0 Å². The summed E-state index contributed by atoms with van der Waals surface area (Å²) < 4.78 is 10.2. The lowest BCUT2D eigenvalue weighted by Crippen LogP contribution is -2.15. The summed E-state index contributed by atoms with van der Waals surface area (Å²) in [5.74, 6) is -0.464. The topological polar surface area (TPSA) is 61.6 Å². The van der Waals surface area contributed by atoms with Gasteiger partial charge in [-0.2, -0.15) is 0 Å². The smallest absolute Gasteiger partial charge is 0.244 e.